The number of amides is 1. The molecule has 0 spiro atoms. The highest BCUT2D eigenvalue weighted by Crippen LogP contribution is 2.14. The van der Waals surface area contributed by atoms with E-state index in [-0.39, 0.29) is 5.54 Å². The molecule has 0 unspecified atom stereocenters. The topological polar surface area (TPSA) is 61.4 Å². The Bertz CT molecular complexity index is 153. The standard InChI is InChI=1S/C7H14N2O2/c1-7(9-6(10)11)3-2-4-8-5-7/h8-9H,2-5H2,1H3,(H,10,11)/t7-/m0/s1. The van der Waals surface area contributed by atoms with Crippen molar-refractivity contribution in [3.8, 4) is 0 Å². The van der Waals surface area contributed by atoms with E-state index in [1.54, 1.807) is 0 Å². The fraction of sp³-hybridized carbons (Fsp3) is 0.857. The number of hydrogen-bond acceptors (Lipinski definition) is 2. The van der Waals surface area contributed by atoms with E-state index in [4.69, 9.17) is 5.11 Å². The highest BCUT2D eigenvalue weighted by Gasteiger charge is 2.27. The lowest BCUT2D eigenvalue weighted by Gasteiger charge is -2.33. The average Bonchev–Trinajstić information content (AvgIpc) is 1.85. The first kappa shape index (κ1) is 8.33. The maximum absolute atomic E-state index is 10.3. The van der Waals surface area contributed by atoms with E-state index in [1.165, 1.54) is 0 Å². The van der Waals surface area contributed by atoms with Gasteiger partial charge in [-0.3, -0.25) is 0 Å². The molecule has 4 nitrogen and oxygen atoms in total. The Morgan fingerprint density at radius 1 is 1.73 bits per heavy atom. The molecule has 4 heteroatoms. The minimum Gasteiger partial charge on any atom is -0.465 e. The average molecular weight is 158 g/mol. The van der Waals surface area contributed by atoms with Gasteiger partial charge in [0.05, 0.1) is 5.54 Å². The molecule has 64 valence electrons. The van der Waals surface area contributed by atoms with Crippen LogP contribution in [0.15, 0.2) is 0 Å². The third-order valence-electron chi connectivity index (χ3n) is 2.01. The lowest BCUT2D eigenvalue weighted by molar-refractivity contribution is 0.172. The van der Waals surface area contributed by atoms with Gasteiger partial charge in [0.25, 0.3) is 0 Å². The summed E-state index contributed by atoms with van der Waals surface area (Å²) in [5, 5.41) is 14.2. The van der Waals surface area contributed by atoms with Gasteiger partial charge < -0.3 is 15.7 Å². The first-order valence-electron chi connectivity index (χ1n) is 3.84. The van der Waals surface area contributed by atoms with Gasteiger partial charge in [0, 0.05) is 6.54 Å². The summed E-state index contributed by atoms with van der Waals surface area (Å²) in [6.07, 6.45) is 1.03. The van der Waals surface area contributed by atoms with Crippen LogP contribution in [0.5, 0.6) is 0 Å². The molecule has 1 fully saturated rings. The molecule has 1 aliphatic rings. The first-order chi connectivity index (χ1) is 5.12. The van der Waals surface area contributed by atoms with E-state index >= 15 is 0 Å². The molecule has 1 aliphatic heterocycles. The molecule has 0 aliphatic carbocycles. The van der Waals surface area contributed by atoms with Crippen LogP contribution in [0.2, 0.25) is 0 Å². The van der Waals surface area contributed by atoms with E-state index in [2.05, 4.69) is 10.6 Å². The Kier molecular flexibility index (Phi) is 2.34. The predicted octanol–water partition coefficient (Wildman–Crippen LogP) is 0.396. The molecular weight excluding hydrogens is 144 g/mol. The second-order valence-electron chi connectivity index (χ2n) is 3.27. The van der Waals surface area contributed by atoms with E-state index in [0.29, 0.717) is 0 Å². The van der Waals surface area contributed by atoms with Crippen LogP contribution in [0.4, 0.5) is 4.79 Å². The molecule has 1 amide bonds. The van der Waals surface area contributed by atoms with Gasteiger partial charge in [-0.1, -0.05) is 0 Å². The third kappa shape index (κ3) is 2.38. The van der Waals surface area contributed by atoms with Crippen LogP contribution in [-0.4, -0.2) is 29.8 Å². The number of carbonyl (C=O) groups is 1. The zero-order chi connectivity index (χ0) is 8.32. The minimum atomic E-state index is -0.934. The smallest absolute Gasteiger partial charge is 0.405 e. The highest BCUT2D eigenvalue weighted by molar-refractivity contribution is 5.65. The summed E-state index contributed by atoms with van der Waals surface area (Å²) in [6.45, 7) is 3.66. The maximum atomic E-state index is 10.3. The lowest BCUT2D eigenvalue weighted by atomic mass is 9.93. The zero-order valence-corrected chi connectivity index (χ0v) is 6.68. The van der Waals surface area contributed by atoms with Crippen LogP contribution in [0.25, 0.3) is 0 Å². The quantitative estimate of drug-likeness (QED) is 0.517. The fourth-order valence-corrected chi connectivity index (χ4v) is 1.42. The molecule has 0 aromatic carbocycles. The summed E-state index contributed by atoms with van der Waals surface area (Å²) in [7, 11) is 0. The summed E-state index contributed by atoms with van der Waals surface area (Å²) in [6, 6.07) is 0. The summed E-state index contributed by atoms with van der Waals surface area (Å²) in [5.74, 6) is 0. The van der Waals surface area contributed by atoms with Crippen molar-refractivity contribution in [2.24, 2.45) is 0 Å². The van der Waals surface area contributed by atoms with Gasteiger partial charge in [-0.05, 0) is 26.3 Å². The second kappa shape index (κ2) is 3.09. The Morgan fingerprint density at radius 2 is 2.45 bits per heavy atom. The molecular formula is C7H14N2O2. The predicted molar refractivity (Wildman–Crippen MR) is 41.7 cm³/mol. The molecule has 0 saturated carbocycles. The van der Waals surface area contributed by atoms with Gasteiger partial charge in [-0.15, -0.1) is 0 Å². The van der Waals surface area contributed by atoms with Crippen LogP contribution >= 0.6 is 0 Å². The minimum absolute atomic E-state index is 0.260. The number of piperidine rings is 1. The van der Waals surface area contributed by atoms with E-state index in [0.717, 1.165) is 25.9 Å². The van der Waals surface area contributed by atoms with Crippen LogP contribution in [0.1, 0.15) is 19.8 Å². The summed E-state index contributed by atoms with van der Waals surface area (Å²) in [5.41, 5.74) is -0.260. The largest absolute Gasteiger partial charge is 0.465 e. The molecule has 0 aromatic heterocycles. The molecule has 0 radical (unpaired) electrons. The Labute approximate surface area is 66.0 Å². The molecule has 1 heterocycles. The monoisotopic (exact) mass is 158 g/mol. The Morgan fingerprint density at radius 3 is 2.91 bits per heavy atom. The van der Waals surface area contributed by atoms with Crippen molar-refractivity contribution in [2.45, 2.75) is 25.3 Å². The van der Waals surface area contributed by atoms with E-state index < -0.39 is 6.09 Å². The Balaban J connectivity index is 2.43. The second-order valence-corrected chi connectivity index (χ2v) is 3.27. The van der Waals surface area contributed by atoms with Crippen molar-refractivity contribution in [1.29, 1.82) is 0 Å². The van der Waals surface area contributed by atoms with Gasteiger partial charge in [0.2, 0.25) is 0 Å². The van der Waals surface area contributed by atoms with Gasteiger partial charge in [0.1, 0.15) is 0 Å². The Hall–Kier alpha value is -0.770. The van der Waals surface area contributed by atoms with Crippen LogP contribution in [-0.2, 0) is 0 Å². The number of nitrogens with one attached hydrogen (secondary N) is 2. The van der Waals surface area contributed by atoms with Gasteiger partial charge in [-0.2, -0.15) is 0 Å². The molecule has 11 heavy (non-hydrogen) atoms. The molecule has 1 rings (SSSR count). The van der Waals surface area contributed by atoms with Crippen LogP contribution < -0.4 is 10.6 Å². The molecule has 3 N–H and O–H groups in total. The van der Waals surface area contributed by atoms with Crippen molar-refractivity contribution >= 4 is 6.09 Å². The summed E-state index contributed by atoms with van der Waals surface area (Å²) in [4.78, 5) is 10.3. The van der Waals surface area contributed by atoms with Crippen LogP contribution in [0, 0.1) is 0 Å². The first-order valence-corrected chi connectivity index (χ1v) is 3.84. The van der Waals surface area contributed by atoms with Crippen molar-refractivity contribution < 1.29 is 9.90 Å². The van der Waals surface area contributed by atoms with E-state index in [1.807, 2.05) is 6.92 Å². The summed E-state index contributed by atoms with van der Waals surface area (Å²) >= 11 is 0. The highest BCUT2D eigenvalue weighted by atomic mass is 16.4. The number of rotatable bonds is 1. The van der Waals surface area contributed by atoms with Gasteiger partial charge >= 0.3 is 6.09 Å². The van der Waals surface area contributed by atoms with Gasteiger partial charge in [-0.25, -0.2) is 4.79 Å². The lowest BCUT2D eigenvalue weighted by Crippen LogP contribution is -2.55. The molecule has 0 bridgehead atoms. The fourth-order valence-electron chi connectivity index (χ4n) is 1.42. The van der Waals surface area contributed by atoms with Crippen LogP contribution in [0.3, 0.4) is 0 Å². The van der Waals surface area contributed by atoms with Gasteiger partial charge in [0.15, 0.2) is 0 Å². The zero-order valence-electron chi connectivity index (χ0n) is 6.68. The normalized spacial score (nSPS) is 31.4. The third-order valence-corrected chi connectivity index (χ3v) is 2.01. The summed E-state index contributed by atoms with van der Waals surface area (Å²) < 4.78 is 0. The number of hydrogen-bond donors (Lipinski definition) is 3. The van der Waals surface area contributed by atoms with Crippen molar-refractivity contribution in [1.82, 2.24) is 10.6 Å². The molecule has 1 atom stereocenters. The maximum Gasteiger partial charge on any atom is 0.405 e. The SMILES string of the molecule is C[C@]1(NC(=O)O)CCCNC1. The molecule has 0 aromatic rings. The van der Waals surface area contributed by atoms with Crippen molar-refractivity contribution in [3.05, 3.63) is 0 Å². The van der Waals surface area contributed by atoms with Crippen molar-refractivity contribution in [2.75, 3.05) is 13.1 Å². The van der Waals surface area contributed by atoms with E-state index in [9.17, 15) is 4.79 Å². The number of carboxylic acid groups (broad SMARTS) is 1. The van der Waals surface area contributed by atoms with Crippen molar-refractivity contribution in [3.63, 3.8) is 0 Å². The molecule has 1 saturated heterocycles.